The third-order valence-corrected chi connectivity index (χ3v) is 2.86. The van der Waals surface area contributed by atoms with E-state index < -0.39 is 12.6 Å². The third kappa shape index (κ3) is 9.78. The SMILES string of the molecule is CCNC(=NCCC(F)(F)F)N(C)CCOc1ccc(F)cc1.I. The van der Waals surface area contributed by atoms with Crippen LogP contribution in [0.5, 0.6) is 5.75 Å². The Kier molecular flexibility index (Phi) is 10.7. The summed E-state index contributed by atoms with van der Waals surface area (Å²) in [5.74, 6) is 0.568. The zero-order valence-electron chi connectivity index (χ0n) is 13.6. The lowest BCUT2D eigenvalue weighted by Gasteiger charge is -2.22. The standard InChI is InChI=1S/C15H21F4N3O.HI/c1-3-20-14(21-9-8-15(17,18)19)22(2)10-11-23-13-6-4-12(16)5-7-13;/h4-7H,3,8-11H2,1-2H3,(H,20,21);1H. The minimum Gasteiger partial charge on any atom is -0.492 e. The van der Waals surface area contributed by atoms with E-state index in [1.165, 1.54) is 24.3 Å². The van der Waals surface area contributed by atoms with E-state index in [0.29, 0.717) is 31.4 Å². The number of hydrogen-bond donors (Lipinski definition) is 1. The molecule has 0 spiro atoms. The average molecular weight is 463 g/mol. The molecule has 0 amide bonds. The van der Waals surface area contributed by atoms with Crippen LogP contribution < -0.4 is 10.1 Å². The maximum Gasteiger partial charge on any atom is 0.390 e. The number of aliphatic imine (C=N–C) groups is 1. The van der Waals surface area contributed by atoms with Gasteiger partial charge >= 0.3 is 6.18 Å². The van der Waals surface area contributed by atoms with Crippen LogP contribution in [-0.2, 0) is 0 Å². The monoisotopic (exact) mass is 463 g/mol. The number of ether oxygens (including phenoxy) is 1. The van der Waals surface area contributed by atoms with Crippen LogP contribution in [0.3, 0.4) is 0 Å². The highest BCUT2D eigenvalue weighted by atomic mass is 127. The number of benzene rings is 1. The Labute approximate surface area is 156 Å². The molecule has 1 N–H and O–H groups in total. The quantitative estimate of drug-likeness (QED) is 0.290. The number of alkyl halides is 3. The van der Waals surface area contributed by atoms with E-state index in [0.717, 1.165) is 0 Å². The van der Waals surface area contributed by atoms with Crippen LogP contribution in [0.1, 0.15) is 13.3 Å². The smallest absolute Gasteiger partial charge is 0.390 e. The van der Waals surface area contributed by atoms with Gasteiger partial charge < -0.3 is 15.0 Å². The first kappa shape index (κ1) is 22.7. The molecule has 0 aromatic heterocycles. The molecule has 138 valence electrons. The molecule has 0 aliphatic carbocycles. The fourth-order valence-electron chi connectivity index (χ4n) is 1.70. The average Bonchev–Trinajstić information content (AvgIpc) is 2.47. The molecule has 9 heteroatoms. The minimum atomic E-state index is -4.22. The predicted molar refractivity (Wildman–Crippen MR) is 96.6 cm³/mol. The zero-order chi connectivity index (χ0) is 17.3. The van der Waals surface area contributed by atoms with Crippen LogP contribution in [0.4, 0.5) is 17.6 Å². The van der Waals surface area contributed by atoms with Crippen LogP contribution in [0.2, 0.25) is 0 Å². The first-order valence-electron chi connectivity index (χ1n) is 7.26. The second kappa shape index (κ2) is 11.3. The van der Waals surface area contributed by atoms with Gasteiger partial charge in [-0.25, -0.2) is 4.39 Å². The number of hydrogen-bond acceptors (Lipinski definition) is 2. The molecule has 0 heterocycles. The lowest BCUT2D eigenvalue weighted by atomic mass is 10.3. The summed E-state index contributed by atoms with van der Waals surface area (Å²) in [5.41, 5.74) is 0. The van der Waals surface area contributed by atoms with Crippen molar-refractivity contribution in [2.45, 2.75) is 19.5 Å². The number of likely N-dealkylation sites (N-methyl/N-ethyl adjacent to an activating group) is 1. The molecule has 0 saturated heterocycles. The van der Waals surface area contributed by atoms with Gasteiger partial charge in [-0.3, -0.25) is 4.99 Å². The van der Waals surface area contributed by atoms with Crippen molar-refractivity contribution in [2.24, 2.45) is 4.99 Å². The van der Waals surface area contributed by atoms with Crippen molar-refractivity contribution >= 4 is 29.9 Å². The molecule has 0 aliphatic rings. The van der Waals surface area contributed by atoms with Crippen LogP contribution in [-0.4, -0.2) is 50.3 Å². The Morgan fingerprint density at radius 1 is 1.25 bits per heavy atom. The van der Waals surface area contributed by atoms with Crippen LogP contribution in [0.25, 0.3) is 0 Å². The number of guanidine groups is 1. The maximum absolute atomic E-state index is 12.8. The fourth-order valence-corrected chi connectivity index (χ4v) is 1.70. The molecular formula is C15H22F4IN3O. The van der Waals surface area contributed by atoms with Crippen molar-refractivity contribution in [3.05, 3.63) is 30.1 Å². The summed E-state index contributed by atoms with van der Waals surface area (Å²) in [5, 5.41) is 2.93. The Morgan fingerprint density at radius 2 is 1.88 bits per heavy atom. The van der Waals surface area contributed by atoms with Crippen LogP contribution in [0, 0.1) is 5.82 Å². The van der Waals surface area contributed by atoms with Crippen molar-refractivity contribution in [2.75, 3.05) is 33.3 Å². The number of halogens is 5. The summed E-state index contributed by atoms with van der Waals surface area (Å²) in [4.78, 5) is 5.63. The number of rotatable bonds is 7. The zero-order valence-corrected chi connectivity index (χ0v) is 15.9. The van der Waals surface area contributed by atoms with E-state index in [9.17, 15) is 17.6 Å². The van der Waals surface area contributed by atoms with Crippen molar-refractivity contribution < 1.29 is 22.3 Å². The van der Waals surface area contributed by atoms with Crippen molar-refractivity contribution in [3.63, 3.8) is 0 Å². The Morgan fingerprint density at radius 3 is 2.42 bits per heavy atom. The highest BCUT2D eigenvalue weighted by Crippen LogP contribution is 2.19. The molecule has 24 heavy (non-hydrogen) atoms. The normalized spacial score (nSPS) is 11.7. The molecule has 1 aromatic rings. The van der Waals surface area contributed by atoms with Crippen molar-refractivity contribution in [1.82, 2.24) is 10.2 Å². The summed E-state index contributed by atoms with van der Waals surface area (Å²) < 4.78 is 54.7. The molecule has 0 saturated carbocycles. The minimum absolute atomic E-state index is 0. The molecule has 0 fully saturated rings. The van der Waals surface area contributed by atoms with Crippen LogP contribution >= 0.6 is 24.0 Å². The lowest BCUT2D eigenvalue weighted by molar-refractivity contribution is -0.132. The maximum atomic E-state index is 12.8. The summed E-state index contributed by atoms with van der Waals surface area (Å²) in [6.07, 6.45) is -5.17. The Hall–Kier alpha value is -1.26. The van der Waals surface area contributed by atoms with Gasteiger partial charge in [-0.15, -0.1) is 24.0 Å². The number of nitrogens with zero attached hydrogens (tertiary/aromatic N) is 2. The number of nitrogens with one attached hydrogen (secondary N) is 1. The third-order valence-electron chi connectivity index (χ3n) is 2.86. The molecule has 1 aromatic carbocycles. The van der Waals surface area contributed by atoms with E-state index in [2.05, 4.69) is 10.3 Å². The van der Waals surface area contributed by atoms with Crippen molar-refractivity contribution in [3.8, 4) is 5.75 Å². The summed E-state index contributed by atoms with van der Waals surface area (Å²) in [6, 6.07) is 5.61. The first-order valence-corrected chi connectivity index (χ1v) is 7.26. The van der Waals surface area contributed by atoms with Gasteiger partial charge in [0, 0.05) is 13.6 Å². The summed E-state index contributed by atoms with van der Waals surface area (Å²) in [7, 11) is 1.71. The van der Waals surface area contributed by atoms with Gasteiger partial charge in [0.05, 0.1) is 19.5 Å². The molecule has 4 nitrogen and oxygen atoms in total. The van der Waals surface area contributed by atoms with Gasteiger partial charge in [0.2, 0.25) is 0 Å². The van der Waals surface area contributed by atoms with Gasteiger partial charge in [-0.2, -0.15) is 13.2 Å². The highest BCUT2D eigenvalue weighted by molar-refractivity contribution is 14.0. The van der Waals surface area contributed by atoms with E-state index in [-0.39, 0.29) is 36.3 Å². The van der Waals surface area contributed by atoms with Gasteiger partial charge in [0.1, 0.15) is 18.2 Å². The summed E-state index contributed by atoms with van der Waals surface area (Å²) >= 11 is 0. The van der Waals surface area contributed by atoms with Gasteiger partial charge in [-0.05, 0) is 31.2 Å². The van der Waals surface area contributed by atoms with Gasteiger partial charge in [-0.1, -0.05) is 0 Å². The highest BCUT2D eigenvalue weighted by Gasteiger charge is 2.26. The van der Waals surface area contributed by atoms with Crippen molar-refractivity contribution in [1.29, 1.82) is 0 Å². The molecular weight excluding hydrogens is 441 g/mol. The molecule has 1 rings (SSSR count). The van der Waals surface area contributed by atoms with E-state index in [1.54, 1.807) is 11.9 Å². The van der Waals surface area contributed by atoms with E-state index in [4.69, 9.17) is 4.74 Å². The van der Waals surface area contributed by atoms with Gasteiger partial charge in [0.15, 0.2) is 5.96 Å². The molecule has 0 radical (unpaired) electrons. The lowest BCUT2D eigenvalue weighted by Crippen LogP contribution is -2.41. The van der Waals surface area contributed by atoms with Crippen LogP contribution in [0.15, 0.2) is 29.3 Å². The van der Waals surface area contributed by atoms with Gasteiger partial charge in [0.25, 0.3) is 0 Å². The second-order valence-corrected chi connectivity index (χ2v) is 4.82. The predicted octanol–water partition coefficient (Wildman–Crippen LogP) is 3.67. The largest absolute Gasteiger partial charge is 0.492 e. The van der Waals surface area contributed by atoms with E-state index >= 15 is 0 Å². The second-order valence-electron chi connectivity index (χ2n) is 4.82. The Balaban J connectivity index is 0.00000529. The fraction of sp³-hybridized carbons (Fsp3) is 0.533. The topological polar surface area (TPSA) is 36.9 Å². The first-order chi connectivity index (χ1) is 10.8. The van der Waals surface area contributed by atoms with E-state index in [1.807, 2.05) is 6.92 Å². The molecule has 0 unspecified atom stereocenters. The Bertz CT molecular complexity index is 494. The molecule has 0 bridgehead atoms. The molecule has 0 atom stereocenters. The molecule has 0 aliphatic heterocycles. The summed E-state index contributed by atoms with van der Waals surface area (Å²) in [6.45, 7) is 2.78.